The van der Waals surface area contributed by atoms with E-state index >= 15 is 0 Å². The minimum Gasteiger partial charge on any atom is -0.492 e. The first kappa shape index (κ1) is 22.9. The number of piperidine rings is 1. The zero-order valence-corrected chi connectivity index (χ0v) is 18.9. The van der Waals surface area contributed by atoms with Crippen LogP contribution in [0.25, 0.3) is 0 Å². The third-order valence-corrected chi connectivity index (χ3v) is 7.46. The Hall–Kier alpha value is -1.80. The van der Waals surface area contributed by atoms with Crippen molar-refractivity contribution >= 4 is 44.8 Å². The third-order valence-electron chi connectivity index (χ3n) is 4.98. The average Bonchev–Trinajstić information content (AvgIpc) is 2.72. The van der Waals surface area contributed by atoms with Crippen molar-refractivity contribution in [3.05, 3.63) is 58.1 Å². The van der Waals surface area contributed by atoms with Crippen molar-refractivity contribution in [3.8, 4) is 5.75 Å². The number of hydrogen-bond acceptors (Lipinski definition) is 4. The van der Waals surface area contributed by atoms with Gasteiger partial charge in [-0.15, -0.1) is 0 Å². The second-order valence-corrected chi connectivity index (χ2v) is 9.86. The Kier molecular flexibility index (Phi) is 7.63. The number of para-hydroxylation sites is 2. The summed E-state index contributed by atoms with van der Waals surface area (Å²) in [7, 11) is -3.68. The van der Waals surface area contributed by atoms with Crippen LogP contribution in [0.4, 0.5) is 5.69 Å². The van der Waals surface area contributed by atoms with Gasteiger partial charge in [-0.2, -0.15) is 0 Å². The molecule has 9 heteroatoms. The molecule has 3 rings (SSSR count). The van der Waals surface area contributed by atoms with Crippen LogP contribution in [0.5, 0.6) is 5.75 Å². The Bertz CT molecular complexity index is 994. The fourth-order valence-electron chi connectivity index (χ4n) is 3.44. The van der Waals surface area contributed by atoms with E-state index in [1.807, 2.05) is 19.1 Å². The van der Waals surface area contributed by atoms with Gasteiger partial charge < -0.3 is 10.1 Å². The largest absolute Gasteiger partial charge is 0.492 e. The molecule has 6 nitrogen and oxygen atoms in total. The zero-order chi connectivity index (χ0) is 21.7. The van der Waals surface area contributed by atoms with Crippen molar-refractivity contribution < 1.29 is 17.9 Å². The molecule has 1 saturated heterocycles. The van der Waals surface area contributed by atoms with E-state index in [0.717, 1.165) is 0 Å². The number of carbonyl (C=O) groups is 1. The van der Waals surface area contributed by atoms with Gasteiger partial charge in [-0.25, -0.2) is 12.7 Å². The maximum absolute atomic E-state index is 13.0. The summed E-state index contributed by atoms with van der Waals surface area (Å²) in [4.78, 5) is 12.8. The molecule has 0 bridgehead atoms. The molecule has 1 unspecified atom stereocenters. The van der Waals surface area contributed by atoms with Crippen LogP contribution in [0.2, 0.25) is 10.0 Å². The SMILES string of the molecule is CCOc1ccccc1NC(=O)C1CCCN(S(=O)(=O)Cc2c(Cl)cccc2Cl)C1. The lowest BCUT2D eigenvalue weighted by Gasteiger charge is -2.31. The fraction of sp³-hybridized carbons (Fsp3) is 0.381. The molecule has 2 aromatic rings. The van der Waals surface area contributed by atoms with E-state index in [0.29, 0.717) is 53.0 Å². The molecule has 1 amide bonds. The first-order valence-corrected chi connectivity index (χ1v) is 12.1. The normalized spacial score (nSPS) is 17.5. The van der Waals surface area contributed by atoms with Crippen LogP contribution in [-0.4, -0.2) is 38.3 Å². The molecular formula is C21H24Cl2N2O4S. The number of sulfonamides is 1. The van der Waals surface area contributed by atoms with Crippen LogP contribution in [-0.2, 0) is 20.6 Å². The van der Waals surface area contributed by atoms with E-state index in [2.05, 4.69) is 5.32 Å². The molecule has 0 aromatic heterocycles. The lowest BCUT2D eigenvalue weighted by atomic mass is 9.98. The third kappa shape index (κ3) is 5.46. The fourth-order valence-corrected chi connectivity index (χ4v) is 5.80. The molecule has 30 heavy (non-hydrogen) atoms. The van der Waals surface area contributed by atoms with Crippen molar-refractivity contribution in [1.29, 1.82) is 0 Å². The second-order valence-electron chi connectivity index (χ2n) is 7.07. The summed E-state index contributed by atoms with van der Waals surface area (Å²) < 4.78 is 32.9. The van der Waals surface area contributed by atoms with Crippen LogP contribution >= 0.6 is 23.2 Å². The number of amides is 1. The first-order valence-electron chi connectivity index (χ1n) is 9.75. The molecule has 1 aliphatic heterocycles. The minimum absolute atomic E-state index is 0.118. The molecule has 0 spiro atoms. The maximum Gasteiger partial charge on any atom is 0.228 e. The number of anilines is 1. The number of benzene rings is 2. The number of hydrogen-bond donors (Lipinski definition) is 1. The van der Waals surface area contributed by atoms with E-state index in [-0.39, 0.29) is 18.2 Å². The number of rotatable bonds is 7. The molecule has 162 valence electrons. The quantitative estimate of drug-likeness (QED) is 0.642. The summed E-state index contributed by atoms with van der Waals surface area (Å²) in [6, 6.07) is 12.1. The van der Waals surface area contributed by atoms with E-state index in [4.69, 9.17) is 27.9 Å². The smallest absolute Gasteiger partial charge is 0.228 e. The number of nitrogens with zero attached hydrogens (tertiary/aromatic N) is 1. The van der Waals surface area contributed by atoms with Crippen LogP contribution in [0.15, 0.2) is 42.5 Å². The van der Waals surface area contributed by atoms with Gasteiger partial charge in [0.15, 0.2) is 0 Å². The molecule has 2 aromatic carbocycles. The van der Waals surface area contributed by atoms with E-state index in [9.17, 15) is 13.2 Å². The molecule has 1 fully saturated rings. The Morgan fingerprint density at radius 3 is 2.57 bits per heavy atom. The highest BCUT2D eigenvalue weighted by molar-refractivity contribution is 7.88. The average molecular weight is 471 g/mol. The molecular weight excluding hydrogens is 447 g/mol. The van der Waals surface area contributed by atoms with E-state index in [1.54, 1.807) is 30.3 Å². The van der Waals surface area contributed by atoms with Gasteiger partial charge in [0.05, 0.1) is 24.0 Å². The monoisotopic (exact) mass is 470 g/mol. The Morgan fingerprint density at radius 2 is 1.87 bits per heavy atom. The van der Waals surface area contributed by atoms with Crippen LogP contribution < -0.4 is 10.1 Å². The number of ether oxygens (including phenoxy) is 1. The van der Waals surface area contributed by atoms with E-state index < -0.39 is 15.9 Å². The molecule has 0 saturated carbocycles. The topological polar surface area (TPSA) is 75.7 Å². The van der Waals surface area contributed by atoms with Gasteiger partial charge in [0.1, 0.15) is 5.75 Å². The highest BCUT2D eigenvalue weighted by Crippen LogP contribution is 2.30. The second kappa shape index (κ2) is 10.0. The molecule has 1 N–H and O–H groups in total. The van der Waals surface area contributed by atoms with Crippen molar-refractivity contribution in [2.75, 3.05) is 25.0 Å². The Morgan fingerprint density at radius 1 is 1.17 bits per heavy atom. The summed E-state index contributed by atoms with van der Waals surface area (Å²) in [5.41, 5.74) is 0.949. The van der Waals surface area contributed by atoms with Crippen LogP contribution in [0.1, 0.15) is 25.3 Å². The predicted octanol–water partition coefficient (Wildman–Crippen LogP) is 4.57. The first-order chi connectivity index (χ1) is 14.3. The predicted molar refractivity (Wildman–Crippen MR) is 120 cm³/mol. The molecule has 1 atom stereocenters. The van der Waals surface area contributed by atoms with Crippen molar-refractivity contribution in [3.63, 3.8) is 0 Å². The minimum atomic E-state index is -3.68. The number of carbonyl (C=O) groups excluding carboxylic acids is 1. The van der Waals surface area contributed by atoms with Gasteiger partial charge in [0.2, 0.25) is 15.9 Å². The standard InChI is InChI=1S/C21H24Cl2N2O4S/c1-2-29-20-11-4-3-10-19(20)24-21(26)15-7-6-12-25(13-15)30(27,28)14-16-17(22)8-5-9-18(16)23/h3-5,8-11,15H,2,6-7,12-14H2,1H3,(H,24,26). The van der Waals surface area contributed by atoms with Gasteiger partial charge in [0.25, 0.3) is 0 Å². The van der Waals surface area contributed by atoms with Gasteiger partial charge in [0, 0.05) is 28.7 Å². The number of halogens is 2. The van der Waals surface area contributed by atoms with Gasteiger partial charge in [-0.3, -0.25) is 4.79 Å². The lowest BCUT2D eigenvalue weighted by Crippen LogP contribution is -2.44. The summed E-state index contributed by atoms with van der Waals surface area (Å²) in [6.45, 7) is 2.83. The summed E-state index contributed by atoms with van der Waals surface area (Å²) in [5.74, 6) is -0.391. The molecule has 1 aliphatic rings. The molecule has 0 aliphatic carbocycles. The Balaban J connectivity index is 1.71. The lowest BCUT2D eigenvalue weighted by molar-refractivity contribution is -0.120. The summed E-state index contributed by atoms with van der Waals surface area (Å²) in [5, 5.41) is 3.50. The van der Waals surface area contributed by atoms with Gasteiger partial charge in [-0.05, 0) is 44.0 Å². The highest BCUT2D eigenvalue weighted by atomic mass is 35.5. The van der Waals surface area contributed by atoms with Crippen LogP contribution in [0.3, 0.4) is 0 Å². The van der Waals surface area contributed by atoms with Crippen molar-refractivity contribution in [1.82, 2.24) is 4.31 Å². The summed E-state index contributed by atoms with van der Waals surface area (Å²) >= 11 is 12.3. The van der Waals surface area contributed by atoms with E-state index in [1.165, 1.54) is 4.31 Å². The van der Waals surface area contributed by atoms with Crippen molar-refractivity contribution in [2.24, 2.45) is 5.92 Å². The maximum atomic E-state index is 13.0. The van der Waals surface area contributed by atoms with Crippen molar-refractivity contribution in [2.45, 2.75) is 25.5 Å². The van der Waals surface area contributed by atoms with Gasteiger partial charge >= 0.3 is 0 Å². The number of nitrogens with one attached hydrogen (secondary N) is 1. The molecule has 1 heterocycles. The van der Waals surface area contributed by atoms with Crippen LogP contribution in [0, 0.1) is 5.92 Å². The summed E-state index contributed by atoms with van der Waals surface area (Å²) in [6.07, 6.45) is 1.21. The van der Waals surface area contributed by atoms with Gasteiger partial charge in [-0.1, -0.05) is 41.4 Å². The zero-order valence-electron chi connectivity index (χ0n) is 16.6. The molecule has 0 radical (unpaired) electrons. The Labute approximate surface area is 187 Å². The highest BCUT2D eigenvalue weighted by Gasteiger charge is 2.33.